The molecule has 148 valence electrons. The monoisotopic (exact) mass is 379 g/mol. The molecule has 1 aliphatic rings. The topological polar surface area (TPSA) is 43.9 Å². The van der Waals surface area contributed by atoms with Crippen molar-refractivity contribution >= 4 is 23.2 Å². The van der Waals surface area contributed by atoms with Crippen LogP contribution in [-0.4, -0.2) is 44.4 Å². The van der Waals surface area contributed by atoms with Crippen LogP contribution < -0.4 is 9.80 Å². The number of rotatable bonds is 6. The summed E-state index contributed by atoms with van der Waals surface area (Å²) in [6.45, 7) is 3.08. The zero-order chi connectivity index (χ0) is 20.3. The minimum Gasteiger partial charge on any atom is -0.378 e. The predicted molar refractivity (Wildman–Crippen MR) is 114 cm³/mol. The van der Waals surface area contributed by atoms with Crippen LogP contribution in [0.4, 0.5) is 11.4 Å². The van der Waals surface area contributed by atoms with Crippen LogP contribution in [0.25, 0.3) is 0 Å². The van der Waals surface area contributed by atoms with Crippen molar-refractivity contribution in [2.45, 2.75) is 26.3 Å². The van der Waals surface area contributed by atoms with Crippen molar-refractivity contribution in [3.8, 4) is 0 Å². The SMILES string of the molecule is CCc1ccccc1N1CC(C(=O)N(C)Cc2ccc(N(C)C)cc2)CC1=O. The minimum atomic E-state index is -0.288. The van der Waals surface area contributed by atoms with E-state index in [1.165, 1.54) is 0 Å². The van der Waals surface area contributed by atoms with Gasteiger partial charge in [0.1, 0.15) is 0 Å². The van der Waals surface area contributed by atoms with Crippen LogP contribution in [0.2, 0.25) is 0 Å². The third-order valence-corrected chi connectivity index (χ3v) is 5.39. The number of hydrogen-bond acceptors (Lipinski definition) is 3. The molecule has 0 bridgehead atoms. The molecule has 0 aromatic heterocycles. The van der Waals surface area contributed by atoms with Crippen LogP contribution in [0, 0.1) is 5.92 Å². The minimum absolute atomic E-state index is 0.0292. The van der Waals surface area contributed by atoms with E-state index in [-0.39, 0.29) is 24.2 Å². The molecule has 0 aliphatic carbocycles. The van der Waals surface area contributed by atoms with Crippen LogP contribution in [0.5, 0.6) is 0 Å². The highest BCUT2D eigenvalue weighted by atomic mass is 16.2. The van der Waals surface area contributed by atoms with Crippen LogP contribution in [0.15, 0.2) is 48.5 Å². The van der Waals surface area contributed by atoms with Crippen LogP contribution in [-0.2, 0) is 22.6 Å². The number of anilines is 2. The highest BCUT2D eigenvalue weighted by Gasteiger charge is 2.37. The Morgan fingerprint density at radius 1 is 1.07 bits per heavy atom. The van der Waals surface area contributed by atoms with E-state index >= 15 is 0 Å². The Balaban J connectivity index is 1.66. The Morgan fingerprint density at radius 2 is 1.75 bits per heavy atom. The van der Waals surface area contributed by atoms with E-state index < -0.39 is 0 Å². The van der Waals surface area contributed by atoms with Gasteiger partial charge in [-0.15, -0.1) is 0 Å². The number of carbonyl (C=O) groups excluding carboxylic acids is 2. The largest absolute Gasteiger partial charge is 0.378 e. The molecule has 0 saturated carbocycles. The lowest BCUT2D eigenvalue weighted by molar-refractivity contribution is -0.135. The predicted octanol–water partition coefficient (Wildman–Crippen LogP) is 3.33. The molecule has 1 saturated heterocycles. The first-order valence-corrected chi connectivity index (χ1v) is 9.80. The summed E-state index contributed by atoms with van der Waals surface area (Å²) >= 11 is 0. The molecule has 0 spiro atoms. The number of aryl methyl sites for hydroxylation is 1. The van der Waals surface area contributed by atoms with Crippen LogP contribution in [0.1, 0.15) is 24.5 Å². The van der Waals surface area contributed by atoms with Gasteiger partial charge < -0.3 is 14.7 Å². The van der Waals surface area contributed by atoms with E-state index in [1.54, 1.807) is 9.80 Å². The van der Waals surface area contributed by atoms with E-state index in [9.17, 15) is 9.59 Å². The smallest absolute Gasteiger partial charge is 0.228 e. The summed E-state index contributed by atoms with van der Waals surface area (Å²) in [5.41, 5.74) is 4.29. The summed E-state index contributed by atoms with van der Waals surface area (Å²) in [6, 6.07) is 16.1. The van der Waals surface area contributed by atoms with Gasteiger partial charge >= 0.3 is 0 Å². The second-order valence-corrected chi connectivity index (χ2v) is 7.64. The van der Waals surface area contributed by atoms with E-state index in [1.807, 2.05) is 62.4 Å². The first-order chi connectivity index (χ1) is 13.4. The Morgan fingerprint density at radius 3 is 2.39 bits per heavy atom. The lowest BCUT2D eigenvalue weighted by atomic mass is 10.1. The summed E-state index contributed by atoms with van der Waals surface area (Å²) in [5.74, 6) is -0.229. The third kappa shape index (κ3) is 4.19. The van der Waals surface area contributed by atoms with Crippen molar-refractivity contribution in [2.24, 2.45) is 5.92 Å². The maximum Gasteiger partial charge on any atom is 0.228 e. The van der Waals surface area contributed by atoms with Crippen molar-refractivity contribution in [1.82, 2.24) is 4.90 Å². The van der Waals surface area contributed by atoms with Gasteiger partial charge in [0, 0.05) is 52.0 Å². The summed E-state index contributed by atoms with van der Waals surface area (Å²) in [7, 11) is 5.82. The molecule has 5 nitrogen and oxygen atoms in total. The standard InChI is InChI=1S/C23H29N3O2/c1-5-18-8-6-7-9-21(18)26-16-19(14-22(26)27)23(28)25(4)15-17-10-12-20(13-11-17)24(2)3/h6-13,19H,5,14-16H2,1-4H3. The number of amides is 2. The van der Waals surface area contributed by atoms with Gasteiger partial charge in [0.05, 0.1) is 5.92 Å². The molecule has 1 aliphatic heterocycles. The number of carbonyl (C=O) groups is 2. The van der Waals surface area contributed by atoms with Crippen molar-refractivity contribution in [2.75, 3.05) is 37.5 Å². The Hall–Kier alpha value is -2.82. The van der Waals surface area contributed by atoms with Gasteiger partial charge in [-0.3, -0.25) is 9.59 Å². The summed E-state index contributed by atoms with van der Waals surface area (Å²) in [4.78, 5) is 31.1. The van der Waals surface area contributed by atoms with E-state index in [4.69, 9.17) is 0 Å². The first-order valence-electron chi connectivity index (χ1n) is 9.80. The fourth-order valence-electron chi connectivity index (χ4n) is 3.74. The molecular weight excluding hydrogens is 350 g/mol. The van der Waals surface area contributed by atoms with Crippen molar-refractivity contribution in [1.29, 1.82) is 0 Å². The molecular formula is C23H29N3O2. The molecule has 2 aromatic carbocycles. The van der Waals surface area contributed by atoms with Gasteiger partial charge in [-0.05, 0) is 35.7 Å². The number of nitrogens with zero attached hydrogens (tertiary/aromatic N) is 3. The van der Waals surface area contributed by atoms with Crippen LogP contribution in [0.3, 0.4) is 0 Å². The van der Waals surface area contributed by atoms with Crippen molar-refractivity contribution < 1.29 is 9.59 Å². The maximum absolute atomic E-state index is 12.9. The molecule has 5 heteroatoms. The van der Waals surface area contributed by atoms with E-state index in [0.29, 0.717) is 13.1 Å². The fraction of sp³-hybridized carbons (Fsp3) is 0.391. The maximum atomic E-state index is 12.9. The van der Waals surface area contributed by atoms with Gasteiger partial charge in [0.2, 0.25) is 11.8 Å². The van der Waals surface area contributed by atoms with Gasteiger partial charge in [0.15, 0.2) is 0 Å². The van der Waals surface area contributed by atoms with Crippen LogP contribution >= 0.6 is 0 Å². The molecule has 2 amide bonds. The summed E-state index contributed by atoms with van der Waals surface area (Å²) < 4.78 is 0. The van der Waals surface area contributed by atoms with Gasteiger partial charge in [-0.2, -0.15) is 0 Å². The van der Waals surface area contributed by atoms with E-state index in [0.717, 1.165) is 28.9 Å². The number of para-hydroxylation sites is 1. The first kappa shape index (κ1) is 19.9. The molecule has 1 fully saturated rings. The molecule has 28 heavy (non-hydrogen) atoms. The molecule has 2 aromatic rings. The molecule has 1 unspecified atom stereocenters. The van der Waals surface area contributed by atoms with Crippen molar-refractivity contribution in [3.63, 3.8) is 0 Å². The molecule has 3 rings (SSSR count). The van der Waals surface area contributed by atoms with Gasteiger partial charge in [-0.25, -0.2) is 0 Å². The lowest BCUT2D eigenvalue weighted by Gasteiger charge is -2.23. The average Bonchev–Trinajstić information content (AvgIpc) is 3.09. The van der Waals surface area contributed by atoms with Crippen molar-refractivity contribution in [3.05, 3.63) is 59.7 Å². The summed E-state index contributed by atoms with van der Waals surface area (Å²) in [6.07, 6.45) is 1.14. The average molecular weight is 380 g/mol. The highest BCUT2D eigenvalue weighted by Crippen LogP contribution is 2.29. The second kappa shape index (κ2) is 8.46. The quantitative estimate of drug-likeness (QED) is 0.773. The van der Waals surface area contributed by atoms with E-state index in [2.05, 4.69) is 19.1 Å². The summed E-state index contributed by atoms with van der Waals surface area (Å²) in [5, 5.41) is 0. The normalized spacial score (nSPS) is 16.4. The second-order valence-electron chi connectivity index (χ2n) is 7.64. The Kier molecular flexibility index (Phi) is 6.02. The van der Waals surface area contributed by atoms with Gasteiger partial charge in [-0.1, -0.05) is 37.3 Å². The molecule has 1 atom stereocenters. The van der Waals surface area contributed by atoms with Gasteiger partial charge in [0.25, 0.3) is 0 Å². The Labute approximate surface area is 167 Å². The Bertz CT molecular complexity index is 845. The lowest BCUT2D eigenvalue weighted by Crippen LogP contribution is -2.34. The number of hydrogen-bond donors (Lipinski definition) is 0. The zero-order valence-corrected chi connectivity index (χ0v) is 17.2. The molecule has 0 N–H and O–H groups in total. The molecule has 0 radical (unpaired) electrons. The zero-order valence-electron chi connectivity index (χ0n) is 17.2. The highest BCUT2D eigenvalue weighted by molar-refractivity contribution is 6.00. The third-order valence-electron chi connectivity index (χ3n) is 5.39. The molecule has 1 heterocycles. The fourth-order valence-corrected chi connectivity index (χ4v) is 3.74. The number of benzene rings is 2.